The van der Waals surface area contributed by atoms with Gasteiger partial charge in [0.2, 0.25) is 0 Å². The molecule has 2 aromatic rings. The first-order valence-corrected chi connectivity index (χ1v) is 9.08. The predicted octanol–water partition coefficient (Wildman–Crippen LogP) is 3.82. The highest BCUT2D eigenvalue weighted by Crippen LogP contribution is 2.19. The number of carbonyl (C=O) groups excluding carboxylic acids is 2. The molecule has 0 aliphatic carbocycles. The number of piperidine rings is 1. The van der Waals surface area contributed by atoms with Crippen molar-refractivity contribution in [2.24, 2.45) is 5.92 Å². The second-order valence-corrected chi connectivity index (χ2v) is 7.18. The van der Waals surface area contributed by atoms with Crippen LogP contribution in [0.5, 0.6) is 0 Å². The second-order valence-electron chi connectivity index (χ2n) is 7.18. The Bertz CT molecular complexity index is 824. The molecular formula is C21H25N3O2. The van der Waals surface area contributed by atoms with Gasteiger partial charge >= 0.3 is 0 Å². The highest BCUT2D eigenvalue weighted by Gasteiger charge is 2.23. The molecule has 0 saturated carbocycles. The minimum absolute atomic E-state index is 0.0990. The van der Waals surface area contributed by atoms with E-state index in [1.807, 2.05) is 36.9 Å². The number of amides is 2. The molecule has 1 aromatic carbocycles. The van der Waals surface area contributed by atoms with Crippen molar-refractivity contribution in [3.05, 3.63) is 58.9 Å². The summed E-state index contributed by atoms with van der Waals surface area (Å²) >= 11 is 0. The fourth-order valence-electron chi connectivity index (χ4n) is 3.21. The summed E-state index contributed by atoms with van der Waals surface area (Å²) in [6, 6.07) is 9.09. The van der Waals surface area contributed by atoms with Gasteiger partial charge in [-0.1, -0.05) is 24.6 Å². The first-order chi connectivity index (χ1) is 12.4. The Hall–Kier alpha value is -2.69. The van der Waals surface area contributed by atoms with E-state index in [1.165, 1.54) is 6.20 Å². The van der Waals surface area contributed by atoms with Gasteiger partial charge in [-0.15, -0.1) is 0 Å². The van der Waals surface area contributed by atoms with Crippen molar-refractivity contribution in [1.82, 2.24) is 9.88 Å². The maximum atomic E-state index is 12.7. The molecule has 0 unspecified atom stereocenters. The molecule has 1 aliphatic rings. The summed E-state index contributed by atoms with van der Waals surface area (Å²) in [4.78, 5) is 31.3. The molecule has 1 aromatic heterocycles. The third-order valence-electron chi connectivity index (χ3n) is 4.94. The topological polar surface area (TPSA) is 62.3 Å². The molecule has 0 atom stereocenters. The molecule has 1 saturated heterocycles. The molecule has 3 rings (SSSR count). The summed E-state index contributed by atoms with van der Waals surface area (Å²) in [7, 11) is 0. The molecule has 1 aliphatic heterocycles. The monoisotopic (exact) mass is 351 g/mol. The lowest BCUT2D eigenvalue weighted by molar-refractivity contribution is 0.0691. The fraction of sp³-hybridized carbons (Fsp3) is 0.381. The highest BCUT2D eigenvalue weighted by atomic mass is 16.2. The number of aryl methyl sites for hydroxylation is 2. The van der Waals surface area contributed by atoms with Crippen LogP contribution in [0.2, 0.25) is 0 Å². The Kier molecular flexibility index (Phi) is 5.35. The minimum atomic E-state index is -0.235. The van der Waals surface area contributed by atoms with E-state index in [2.05, 4.69) is 17.2 Å². The average molecular weight is 351 g/mol. The van der Waals surface area contributed by atoms with Gasteiger partial charge in [-0.25, -0.2) is 0 Å². The Labute approximate surface area is 154 Å². The van der Waals surface area contributed by atoms with Gasteiger partial charge in [0.25, 0.3) is 11.8 Å². The number of aromatic nitrogens is 1. The van der Waals surface area contributed by atoms with E-state index in [9.17, 15) is 9.59 Å². The molecule has 1 N–H and O–H groups in total. The van der Waals surface area contributed by atoms with E-state index in [4.69, 9.17) is 0 Å². The van der Waals surface area contributed by atoms with Crippen LogP contribution in [0.1, 0.15) is 51.7 Å². The molecule has 0 spiro atoms. The Morgan fingerprint density at radius 2 is 1.85 bits per heavy atom. The molecule has 5 heteroatoms. The lowest BCUT2D eigenvalue weighted by Crippen LogP contribution is -2.38. The van der Waals surface area contributed by atoms with E-state index in [0.717, 1.165) is 42.7 Å². The molecule has 2 heterocycles. The van der Waals surface area contributed by atoms with Crippen LogP contribution in [0.4, 0.5) is 5.69 Å². The minimum Gasteiger partial charge on any atom is -0.337 e. The third kappa shape index (κ3) is 4.10. The number of benzene rings is 1. The van der Waals surface area contributed by atoms with Crippen molar-refractivity contribution in [2.45, 2.75) is 33.6 Å². The number of nitrogens with one attached hydrogen (secondary N) is 1. The molecule has 26 heavy (non-hydrogen) atoms. The van der Waals surface area contributed by atoms with Gasteiger partial charge in [-0.3, -0.25) is 14.6 Å². The van der Waals surface area contributed by atoms with Crippen molar-refractivity contribution in [3.8, 4) is 0 Å². The van der Waals surface area contributed by atoms with Crippen LogP contribution in [-0.4, -0.2) is 34.8 Å². The molecule has 0 bridgehead atoms. The summed E-state index contributed by atoms with van der Waals surface area (Å²) in [5.41, 5.74) is 3.69. The van der Waals surface area contributed by atoms with Gasteiger partial charge in [-0.2, -0.15) is 0 Å². The van der Waals surface area contributed by atoms with Crippen LogP contribution in [0, 0.1) is 19.8 Å². The van der Waals surface area contributed by atoms with Gasteiger partial charge in [0.15, 0.2) is 0 Å². The predicted molar refractivity (Wildman–Crippen MR) is 102 cm³/mol. The van der Waals surface area contributed by atoms with Crippen LogP contribution in [-0.2, 0) is 0 Å². The maximum absolute atomic E-state index is 12.7. The highest BCUT2D eigenvalue weighted by molar-refractivity contribution is 6.06. The van der Waals surface area contributed by atoms with E-state index in [1.54, 1.807) is 12.1 Å². The van der Waals surface area contributed by atoms with E-state index in [-0.39, 0.29) is 11.8 Å². The Morgan fingerprint density at radius 3 is 2.54 bits per heavy atom. The normalized spacial score (nSPS) is 15.0. The van der Waals surface area contributed by atoms with Crippen molar-refractivity contribution < 1.29 is 9.59 Å². The van der Waals surface area contributed by atoms with Crippen molar-refractivity contribution in [1.29, 1.82) is 0 Å². The van der Waals surface area contributed by atoms with Crippen LogP contribution in [0.3, 0.4) is 0 Å². The maximum Gasteiger partial charge on any atom is 0.272 e. The van der Waals surface area contributed by atoms with Crippen LogP contribution in [0.15, 0.2) is 36.5 Å². The number of hydrogen-bond donors (Lipinski definition) is 1. The molecule has 2 amide bonds. The number of hydrogen-bond acceptors (Lipinski definition) is 3. The zero-order chi connectivity index (χ0) is 18.7. The second kappa shape index (κ2) is 7.68. The number of anilines is 1. The molecule has 5 nitrogen and oxygen atoms in total. The van der Waals surface area contributed by atoms with Crippen molar-refractivity contribution >= 4 is 17.5 Å². The quantitative estimate of drug-likeness (QED) is 0.914. The van der Waals surface area contributed by atoms with Crippen LogP contribution in [0.25, 0.3) is 0 Å². The van der Waals surface area contributed by atoms with Crippen molar-refractivity contribution in [2.75, 3.05) is 18.4 Å². The number of rotatable bonds is 3. The Morgan fingerprint density at radius 1 is 1.12 bits per heavy atom. The van der Waals surface area contributed by atoms with Gasteiger partial charge in [0, 0.05) is 30.5 Å². The Balaban J connectivity index is 1.74. The van der Waals surface area contributed by atoms with Gasteiger partial charge in [0.05, 0.1) is 0 Å². The zero-order valence-corrected chi connectivity index (χ0v) is 15.6. The van der Waals surface area contributed by atoms with Gasteiger partial charge in [0.1, 0.15) is 5.69 Å². The first kappa shape index (κ1) is 18.1. The largest absolute Gasteiger partial charge is 0.337 e. The molecule has 1 fully saturated rings. The number of likely N-dealkylation sites (tertiary alicyclic amines) is 1. The van der Waals surface area contributed by atoms with Gasteiger partial charge < -0.3 is 10.2 Å². The fourth-order valence-corrected chi connectivity index (χ4v) is 3.21. The zero-order valence-electron chi connectivity index (χ0n) is 15.6. The summed E-state index contributed by atoms with van der Waals surface area (Å²) in [5.74, 6) is 0.320. The van der Waals surface area contributed by atoms with Crippen LogP contribution >= 0.6 is 0 Å². The van der Waals surface area contributed by atoms with E-state index in [0.29, 0.717) is 17.2 Å². The van der Waals surface area contributed by atoms with Crippen molar-refractivity contribution in [3.63, 3.8) is 0 Å². The third-order valence-corrected chi connectivity index (χ3v) is 4.94. The first-order valence-electron chi connectivity index (χ1n) is 9.08. The molecule has 136 valence electrons. The lowest BCUT2D eigenvalue weighted by atomic mass is 9.99. The van der Waals surface area contributed by atoms with Gasteiger partial charge in [-0.05, 0) is 56.4 Å². The van der Waals surface area contributed by atoms with E-state index >= 15 is 0 Å². The number of carbonyl (C=O) groups is 2. The molecular weight excluding hydrogens is 326 g/mol. The summed E-state index contributed by atoms with van der Waals surface area (Å²) in [6.45, 7) is 7.68. The summed E-state index contributed by atoms with van der Waals surface area (Å²) < 4.78 is 0. The summed E-state index contributed by atoms with van der Waals surface area (Å²) in [5, 5.41) is 2.91. The average Bonchev–Trinajstić information content (AvgIpc) is 2.64. The lowest BCUT2D eigenvalue weighted by Gasteiger charge is -2.30. The standard InChI is InChI=1S/C21H25N3O2/c1-14-7-10-24(11-8-14)21(26)19-13-17(6-9-22-19)20(25)23-18-5-4-15(2)12-16(18)3/h4-6,9,12-14H,7-8,10-11H2,1-3H3,(H,23,25). The number of pyridine rings is 1. The van der Waals surface area contributed by atoms with E-state index < -0.39 is 0 Å². The molecule has 0 radical (unpaired) electrons. The summed E-state index contributed by atoms with van der Waals surface area (Å²) in [6.07, 6.45) is 3.55. The number of nitrogens with zero attached hydrogens (tertiary/aromatic N) is 2. The smallest absolute Gasteiger partial charge is 0.272 e. The SMILES string of the molecule is Cc1ccc(NC(=O)c2ccnc(C(=O)N3CCC(C)CC3)c2)c(C)c1. The van der Waals surface area contributed by atoms with Crippen LogP contribution < -0.4 is 5.32 Å².